The van der Waals surface area contributed by atoms with E-state index >= 15 is 0 Å². The summed E-state index contributed by atoms with van der Waals surface area (Å²) >= 11 is 6.43. The van der Waals surface area contributed by atoms with Gasteiger partial charge in [-0.2, -0.15) is 0 Å². The first kappa shape index (κ1) is 18.2. The number of benzene rings is 2. The minimum atomic E-state index is -3.61. The average Bonchev–Trinajstić information content (AvgIpc) is 2.46. The summed E-state index contributed by atoms with van der Waals surface area (Å²) < 4.78 is 24.6. The third kappa shape index (κ3) is 4.46. The third-order valence-electron chi connectivity index (χ3n) is 3.64. The Morgan fingerprint density at radius 3 is 2.13 bits per heavy atom. The van der Waals surface area contributed by atoms with Crippen molar-refractivity contribution >= 4 is 29.5 Å². The van der Waals surface area contributed by atoms with Gasteiger partial charge >= 0.3 is 0 Å². The van der Waals surface area contributed by atoms with Crippen LogP contribution < -0.4 is 0 Å². The predicted octanol–water partition coefficient (Wildman–Crippen LogP) is 5.13. The van der Waals surface area contributed by atoms with E-state index in [0.717, 1.165) is 17.2 Å². The van der Waals surface area contributed by atoms with E-state index in [1.54, 1.807) is 24.3 Å². The molecule has 0 saturated carbocycles. The Morgan fingerprint density at radius 1 is 1.00 bits per heavy atom. The van der Waals surface area contributed by atoms with Gasteiger partial charge in [0, 0.05) is 8.07 Å². The van der Waals surface area contributed by atoms with Gasteiger partial charge in [0.2, 0.25) is 0 Å². The van der Waals surface area contributed by atoms with Gasteiger partial charge in [-0.05, 0) is 36.2 Å². The second kappa shape index (κ2) is 6.79. The van der Waals surface area contributed by atoms with Gasteiger partial charge in [-0.15, -0.1) is 0 Å². The number of sulfone groups is 1. The number of hydrogen-bond acceptors (Lipinski definition) is 2. The maximum Gasteiger partial charge on any atom is 0.199 e. The van der Waals surface area contributed by atoms with Crippen molar-refractivity contribution in [2.75, 3.05) is 0 Å². The molecule has 0 N–H and O–H groups in total. The molecule has 0 radical (unpaired) electrons. The van der Waals surface area contributed by atoms with Crippen LogP contribution in [0.25, 0.3) is 0 Å². The molecular weight excluding hydrogens is 344 g/mol. The fourth-order valence-electron chi connectivity index (χ4n) is 2.50. The monoisotopic (exact) mass is 366 g/mol. The molecule has 2 nitrogen and oxygen atoms in total. The molecule has 0 heterocycles. The second-order valence-corrected chi connectivity index (χ2v) is 15.3. The standard InChI is InChI=1S/C18H23ClO2SSi/c1-14-9-11-16(12-10-14)22(20,21)18(19)17-8-6-5-7-15(17)13-23(2,3)4/h5-12,18H,13H2,1-4H3. The van der Waals surface area contributed by atoms with Crippen molar-refractivity contribution in [3.63, 3.8) is 0 Å². The van der Waals surface area contributed by atoms with Crippen LogP contribution in [0.4, 0.5) is 0 Å². The van der Waals surface area contributed by atoms with Gasteiger partial charge in [-0.1, -0.05) is 73.2 Å². The smallest absolute Gasteiger partial charge is 0.199 e. The zero-order chi connectivity index (χ0) is 17.3. The zero-order valence-electron chi connectivity index (χ0n) is 14.0. The van der Waals surface area contributed by atoms with Gasteiger partial charge in [0.05, 0.1) is 4.90 Å². The molecule has 0 aromatic heterocycles. The highest BCUT2D eigenvalue weighted by molar-refractivity contribution is 7.92. The summed E-state index contributed by atoms with van der Waals surface area (Å²) in [5.41, 5.74) is 2.77. The van der Waals surface area contributed by atoms with Gasteiger partial charge in [-0.3, -0.25) is 0 Å². The SMILES string of the molecule is Cc1ccc(S(=O)(=O)C(Cl)c2ccccc2C[Si](C)(C)C)cc1. The van der Waals surface area contributed by atoms with Crippen LogP contribution in [0.1, 0.15) is 21.4 Å². The molecule has 23 heavy (non-hydrogen) atoms. The maximum atomic E-state index is 12.8. The highest BCUT2D eigenvalue weighted by atomic mass is 35.5. The van der Waals surface area contributed by atoms with E-state index in [-0.39, 0.29) is 4.90 Å². The molecule has 0 aliphatic rings. The van der Waals surface area contributed by atoms with Crippen LogP contribution in [-0.4, -0.2) is 16.5 Å². The van der Waals surface area contributed by atoms with Crippen LogP contribution in [0.3, 0.4) is 0 Å². The number of rotatable bonds is 5. The number of halogens is 1. The molecule has 0 aliphatic carbocycles. The molecule has 0 fully saturated rings. The Balaban J connectivity index is 2.44. The second-order valence-electron chi connectivity index (χ2n) is 7.11. The van der Waals surface area contributed by atoms with E-state index in [1.807, 2.05) is 31.2 Å². The first-order valence-corrected chi connectivity index (χ1v) is 13.3. The fourth-order valence-corrected chi connectivity index (χ4v) is 5.81. The van der Waals surface area contributed by atoms with Crippen molar-refractivity contribution < 1.29 is 8.42 Å². The molecule has 124 valence electrons. The molecule has 0 amide bonds. The normalized spacial score (nSPS) is 13.8. The summed E-state index contributed by atoms with van der Waals surface area (Å²) in [5.74, 6) is 0. The van der Waals surface area contributed by atoms with Crippen LogP contribution in [0.5, 0.6) is 0 Å². The van der Waals surface area contributed by atoms with E-state index < -0.39 is 22.6 Å². The van der Waals surface area contributed by atoms with E-state index in [4.69, 9.17) is 11.6 Å². The largest absolute Gasteiger partial charge is 0.222 e. The van der Waals surface area contributed by atoms with Gasteiger partial charge in [0.1, 0.15) is 0 Å². The molecule has 2 aromatic carbocycles. The Kier molecular flexibility index (Phi) is 5.39. The van der Waals surface area contributed by atoms with Crippen molar-refractivity contribution in [2.45, 2.75) is 42.2 Å². The van der Waals surface area contributed by atoms with E-state index in [9.17, 15) is 8.42 Å². The van der Waals surface area contributed by atoms with Crippen LogP contribution in [0, 0.1) is 6.92 Å². The molecular formula is C18H23ClO2SSi. The van der Waals surface area contributed by atoms with E-state index in [2.05, 4.69) is 19.6 Å². The van der Waals surface area contributed by atoms with Crippen LogP contribution >= 0.6 is 11.6 Å². The first-order valence-electron chi connectivity index (χ1n) is 7.64. The highest BCUT2D eigenvalue weighted by Gasteiger charge is 2.29. The lowest BCUT2D eigenvalue weighted by atomic mass is 10.1. The van der Waals surface area contributed by atoms with Crippen molar-refractivity contribution in [2.24, 2.45) is 0 Å². The lowest BCUT2D eigenvalue weighted by molar-refractivity contribution is 0.593. The summed E-state index contributed by atoms with van der Waals surface area (Å²) in [5, 5.41) is 0. The summed E-state index contributed by atoms with van der Waals surface area (Å²) in [6.07, 6.45) is 0. The minimum Gasteiger partial charge on any atom is -0.222 e. The molecule has 0 bridgehead atoms. The third-order valence-corrected chi connectivity index (χ3v) is 7.75. The Morgan fingerprint density at radius 2 is 1.57 bits per heavy atom. The first-order chi connectivity index (χ1) is 10.6. The topological polar surface area (TPSA) is 34.1 Å². The van der Waals surface area contributed by atoms with Gasteiger partial charge < -0.3 is 0 Å². The predicted molar refractivity (Wildman–Crippen MR) is 100 cm³/mol. The van der Waals surface area contributed by atoms with Crippen LogP contribution in [0.15, 0.2) is 53.4 Å². The zero-order valence-corrected chi connectivity index (χ0v) is 16.6. The van der Waals surface area contributed by atoms with Crippen molar-refractivity contribution in [3.8, 4) is 0 Å². The van der Waals surface area contributed by atoms with Gasteiger partial charge in [0.15, 0.2) is 14.5 Å². The molecule has 0 aliphatic heterocycles. The summed E-state index contributed by atoms with van der Waals surface area (Å²) in [6.45, 7) is 8.72. The molecule has 0 spiro atoms. The number of alkyl halides is 1. The maximum absolute atomic E-state index is 12.8. The molecule has 2 rings (SSSR count). The number of aryl methyl sites for hydroxylation is 1. The van der Waals surface area contributed by atoms with Crippen LogP contribution in [0.2, 0.25) is 19.6 Å². The minimum absolute atomic E-state index is 0.269. The van der Waals surface area contributed by atoms with Crippen LogP contribution in [-0.2, 0) is 15.9 Å². The molecule has 0 saturated heterocycles. The molecule has 1 atom stereocenters. The molecule has 2 aromatic rings. The Labute approximate surface area is 145 Å². The summed E-state index contributed by atoms with van der Waals surface area (Å²) in [6, 6.07) is 15.4. The van der Waals surface area contributed by atoms with E-state index in [0.29, 0.717) is 5.56 Å². The van der Waals surface area contributed by atoms with Crippen molar-refractivity contribution in [1.29, 1.82) is 0 Å². The molecule has 1 unspecified atom stereocenters. The summed E-state index contributed by atoms with van der Waals surface area (Å²) in [4.78, 5) is 0.269. The van der Waals surface area contributed by atoms with Crippen molar-refractivity contribution in [1.82, 2.24) is 0 Å². The highest BCUT2D eigenvalue weighted by Crippen LogP contribution is 2.35. The fraction of sp³-hybridized carbons (Fsp3) is 0.333. The van der Waals surface area contributed by atoms with E-state index in [1.165, 1.54) is 0 Å². The quantitative estimate of drug-likeness (QED) is 0.543. The average molecular weight is 367 g/mol. The molecule has 5 heteroatoms. The Hall–Kier alpha value is -1.10. The number of hydrogen-bond donors (Lipinski definition) is 0. The van der Waals surface area contributed by atoms with Gasteiger partial charge in [0.25, 0.3) is 0 Å². The lowest BCUT2D eigenvalue weighted by Crippen LogP contribution is -2.25. The Bertz CT molecular complexity index is 777. The summed E-state index contributed by atoms with van der Waals surface area (Å²) in [7, 11) is -4.98. The van der Waals surface area contributed by atoms with Crippen molar-refractivity contribution in [3.05, 3.63) is 65.2 Å². The lowest BCUT2D eigenvalue weighted by Gasteiger charge is -2.21. The van der Waals surface area contributed by atoms with Gasteiger partial charge in [-0.25, -0.2) is 8.42 Å².